The van der Waals surface area contributed by atoms with Gasteiger partial charge in [0.15, 0.2) is 0 Å². The van der Waals surface area contributed by atoms with Gasteiger partial charge in [-0.1, -0.05) is 29.8 Å². The van der Waals surface area contributed by atoms with E-state index in [0.29, 0.717) is 17.9 Å². The molecule has 5 heteroatoms. The van der Waals surface area contributed by atoms with Gasteiger partial charge >= 0.3 is 0 Å². The monoisotopic (exact) mass is 348 g/mol. The molecule has 0 amide bonds. The van der Waals surface area contributed by atoms with Crippen molar-refractivity contribution < 1.29 is 0 Å². The number of hydrogen-bond acceptors (Lipinski definition) is 2. The van der Waals surface area contributed by atoms with E-state index in [9.17, 15) is 9.59 Å². The minimum Gasteiger partial charge on any atom is -0.322 e. The highest BCUT2D eigenvalue weighted by atomic mass is 35.5. The molecule has 122 valence electrons. The molecule has 2 aromatic carbocycles. The van der Waals surface area contributed by atoms with Crippen LogP contribution in [0.2, 0.25) is 5.02 Å². The molecule has 2 aromatic heterocycles. The number of rotatable bonds is 0. The lowest BCUT2D eigenvalue weighted by Gasteiger charge is -2.21. The molecule has 0 unspecified atom stereocenters. The van der Waals surface area contributed by atoms with Crippen LogP contribution in [0.5, 0.6) is 0 Å². The number of pyridine rings is 2. The first-order valence-electron chi connectivity index (χ1n) is 8.08. The van der Waals surface area contributed by atoms with E-state index in [4.69, 9.17) is 11.6 Å². The third kappa shape index (κ3) is 2.07. The van der Waals surface area contributed by atoms with Crippen molar-refractivity contribution >= 4 is 33.4 Å². The number of aromatic nitrogens is 2. The molecular formula is C20H13ClN2O2. The SMILES string of the molecule is O=c1[nH]c2ccccc2c2c1Cc1c(c(=O)[nH]c3ccc(Cl)cc13)C2. The average molecular weight is 349 g/mol. The summed E-state index contributed by atoms with van der Waals surface area (Å²) in [6.07, 6.45) is 0.887. The summed E-state index contributed by atoms with van der Waals surface area (Å²) in [5.41, 5.74) is 4.66. The zero-order valence-electron chi connectivity index (χ0n) is 13.2. The number of fused-ring (bicyclic) bond motifs is 6. The summed E-state index contributed by atoms with van der Waals surface area (Å²) in [5, 5.41) is 2.51. The molecule has 0 spiro atoms. The van der Waals surface area contributed by atoms with E-state index in [-0.39, 0.29) is 11.1 Å². The summed E-state index contributed by atoms with van der Waals surface area (Å²) in [5.74, 6) is 0. The molecule has 0 fully saturated rings. The Kier molecular flexibility index (Phi) is 2.94. The zero-order valence-corrected chi connectivity index (χ0v) is 13.9. The third-order valence-corrected chi connectivity index (χ3v) is 5.27. The van der Waals surface area contributed by atoms with Crippen molar-refractivity contribution in [2.75, 3.05) is 0 Å². The van der Waals surface area contributed by atoms with Gasteiger partial charge in [0.2, 0.25) is 0 Å². The van der Waals surface area contributed by atoms with Crippen molar-refractivity contribution in [3.05, 3.63) is 90.4 Å². The number of halogens is 1. The minimum absolute atomic E-state index is 0.0881. The Morgan fingerprint density at radius 2 is 1.32 bits per heavy atom. The van der Waals surface area contributed by atoms with Crippen molar-refractivity contribution in [3.63, 3.8) is 0 Å². The summed E-state index contributed by atoms with van der Waals surface area (Å²) in [6, 6.07) is 13.1. The van der Waals surface area contributed by atoms with E-state index in [0.717, 1.165) is 44.1 Å². The van der Waals surface area contributed by atoms with Crippen LogP contribution in [0.3, 0.4) is 0 Å². The smallest absolute Gasteiger partial charge is 0.252 e. The summed E-state index contributed by atoms with van der Waals surface area (Å²) < 4.78 is 0. The van der Waals surface area contributed by atoms with Crippen LogP contribution in [0.25, 0.3) is 21.8 Å². The standard InChI is InChI=1S/C20H13ClN2O2/c21-10-5-6-18-14(7-10)13-9-15-12(8-16(13)20(25)23-18)11-3-1-2-4-17(11)22-19(15)24/h1-7H,8-9H2,(H,22,24)(H,23,25). The molecule has 0 radical (unpaired) electrons. The van der Waals surface area contributed by atoms with Crippen LogP contribution < -0.4 is 11.1 Å². The van der Waals surface area contributed by atoms with Crippen molar-refractivity contribution in [1.29, 1.82) is 0 Å². The summed E-state index contributed by atoms with van der Waals surface area (Å²) in [7, 11) is 0. The Labute approximate surface area is 147 Å². The molecular weight excluding hydrogens is 336 g/mol. The van der Waals surface area contributed by atoms with E-state index in [1.54, 1.807) is 12.1 Å². The lowest BCUT2D eigenvalue weighted by molar-refractivity contribution is 0.963. The second-order valence-corrected chi connectivity index (χ2v) is 6.85. The van der Waals surface area contributed by atoms with Gasteiger partial charge < -0.3 is 9.97 Å². The summed E-state index contributed by atoms with van der Waals surface area (Å²) in [6.45, 7) is 0. The fourth-order valence-corrected chi connectivity index (χ4v) is 4.03. The molecule has 2 heterocycles. The maximum Gasteiger partial charge on any atom is 0.252 e. The van der Waals surface area contributed by atoms with Crippen molar-refractivity contribution in [2.24, 2.45) is 0 Å². The molecule has 1 aliphatic carbocycles. The Morgan fingerprint density at radius 3 is 2.04 bits per heavy atom. The molecule has 0 atom stereocenters. The molecule has 2 N–H and O–H groups in total. The molecule has 25 heavy (non-hydrogen) atoms. The topological polar surface area (TPSA) is 65.7 Å². The number of hydrogen-bond donors (Lipinski definition) is 2. The molecule has 4 aromatic rings. The first kappa shape index (κ1) is 14.5. The first-order chi connectivity index (χ1) is 12.1. The van der Waals surface area contributed by atoms with E-state index < -0.39 is 0 Å². The Morgan fingerprint density at radius 1 is 0.720 bits per heavy atom. The molecule has 1 aliphatic rings. The number of nitrogens with one attached hydrogen (secondary N) is 2. The van der Waals surface area contributed by atoms with E-state index in [2.05, 4.69) is 9.97 Å². The number of aromatic amines is 2. The van der Waals surface area contributed by atoms with Crippen molar-refractivity contribution in [3.8, 4) is 0 Å². The largest absolute Gasteiger partial charge is 0.322 e. The van der Waals surface area contributed by atoms with Gasteiger partial charge in [-0.15, -0.1) is 0 Å². The highest BCUT2D eigenvalue weighted by Crippen LogP contribution is 2.32. The van der Waals surface area contributed by atoms with Crippen LogP contribution >= 0.6 is 11.6 Å². The summed E-state index contributed by atoms with van der Waals surface area (Å²) >= 11 is 6.15. The van der Waals surface area contributed by atoms with Crippen LogP contribution in [-0.2, 0) is 12.8 Å². The van der Waals surface area contributed by atoms with Crippen LogP contribution in [0.15, 0.2) is 52.1 Å². The first-order valence-corrected chi connectivity index (χ1v) is 8.45. The molecule has 0 aliphatic heterocycles. The lowest BCUT2D eigenvalue weighted by Crippen LogP contribution is -2.26. The van der Waals surface area contributed by atoms with Crippen LogP contribution in [0.4, 0.5) is 0 Å². The molecule has 0 saturated heterocycles. The van der Waals surface area contributed by atoms with Gasteiger partial charge in [-0.3, -0.25) is 9.59 Å². The van der Waals surface area contributed by atoms with Gasteiger partial charge in [-0.25, -0.2) is 0 Å². The van der Waals surface area contributed by atoms with Crippen LogP contribution in [0.1, 0.15) is 22.3 Å². The second-order valence-electron chi connectivity index (χ2n) is 6.41. The predicted octanol–water partition coefficient (Wildman–Crippen LogP) is 3.52. The zero-order chi connectivity index (χ0) is 17.1. The maximum absolute atomic E-state index is 12.6. The van der Waals surface area contributed by atoms with Gasteiger partial charge in [0.25, 0.3) is 11.1 Å². The highest BCUT2D eigenvalue weighted by molar-refractivity contribution is 6.31. The second kappa shape index (κ2) is 5.07. The fraction of sp³-hybridized carbons (Fsp3) is 0.100. The molecule has 5 rings (SSSR count). The average Bonchev–Trinajstić information content (AvgIpc) is 2.62. The lowest BCUT2D eigenvalue weighted by atomic mass is 9.84. The molecule has 0 saturated carbocycles. The molecule has 4 nitrogen and oxygen atoms in total. The molecule has 0 bridgehead atoms. The fourth-order valence-electron chi connectivity index (χ4n) is 3.86. The Balaban J connectivity index is 1.87. The normalized spacial score (nSPS) is 13.0. The minimum atomic E-state index is -0.0974. The van der Waals surface area contributed by atoms with Crippen molar-refractivity contribution in [1.82, 2.24) is 9.97 Å². The number of benzene rings is 2. The Hall–Kier alpha value is -2.85. The van der Waals surface area contributed by atoms with Crippen molar-refractivity contribution in [2.45, 2.75) is 12.8 Å². The van der Waals surface area contributed by atoms with Gasteiger partial charge in [-0.05, 0) is 35.4 Å². The van der Waals surface area contributed by atoms with Gasteiger partial charge in [-0.2, -0.15) is 0 Å². The van der Waals surface area contributed by atoms with Crippen LogP contribution in [-0.4, -0.2) is 9.97 Å². The van der Waals surface area contributed by atoms with E-state index in [1.165, 1.54) is 0 Å². The van der Waals surface area contributed by atoms with Gasteiger partial charge in [0.05, 0.1) is 0 Å². The third-order valence-electron chi connectivity index (χ3n) is 5.04. The maximum atomic E-state index is 12.6. The predicted molar refractivity (Wildman–Crippen MR) is 99.8 cm³/mol. The van der Waals surface area contributed by atoms with Gasteiger partial charge in [0, 0.05) is 50.8 Å². The highest BCUT2D eigenvalue weighted by Gasteiger charge is 2.24. The van der Waals surface area contributed by atoms with E-state index >= 15 is 0 Å². The number of H-pyrrole nitrogens is 2. The van der Waals surface area contributed by atoms with Gasteiger partial charge in [0.1, 0.15) is 0 Å². The summed E-state index contributed by atoms with van der Waals surface area (Å²) in [4.78, 5) is 31.1. The van der Waals surface area contributed by atoms with Crippen LogP contribution in [0, 0.1) is 0 Å². The van der Waals surface area contributed by atoms with E-state index in [1.807, 2.05) is 30.3 Å². The Bertz CT molecular complexity index is 1300. The number of para-hydroxylation sites is 1. The quantitative estimate of drug-likeness (QED) is 0.449.